The molecule has 18 heavy (non-hydrogen) atoms. The third-order valence-electron chi connectivity index (χ3n) is 3.28. The van der Waals surface area contributed by atoms with E-state index in [2.05, 4.69) is 0 Å². The van der Waals surface area contributed by atoms with Crippen LogP contribution in [0, 0.1) is 5.82 Å². The van der Waals surface area contributed by atoms with Gasteiger partial charge in [-0.3, -0.25) is 9.69 Å². The van der Waals surface area contributed by atoms with Crippen molar-refractivity contribution >= 4 is 17.6 Å². The van der Waals surface area contributed by atoms with Crippen LogP contribution in [0.15, 0.2) is 18.2 Å². The Kier molecular flexibility index (Phi) is 4.19. The van der Waals surface area contributed by atoms with Gasteiger partial charge in [0.25, 0.3) is 0 Å². The molecule has 1 saturated heterocycles. The first-order valence-electron chi connectivity index (χ1n) is 5.98. The maximum Gasteiger partial charge on any atom is 0.321 e. The van der Waals surface area contributed by atoms with Gasteiger partial charge in [-0.25, -0.2) is 4.39 Å². The highest BCUT2D eigenvalue weighted by Crippen LogP contribution is 2.20. The third kappa shape index (κ3) is 3.00. The summed E-state index contributed by atoms with van der Waals surface area (Å²) in [7, 11) is 0. The summed E-state index contributed by atoms with van der Waals surface area (Å²) in [5.41, 5.74) is 0.751. The van der Waals surface area contributed by atoms with E-state index in [0.29, 0.717) is 6.42 Å². The van der Waals surface area contributed by atoms with E-state index >= 15 is 0 Å². The summed E-state index contributed by atoms with van der Waals surface area (Å²) in [6.07, 6.45) is 2.43. The fourth-order valence-electron chi connectivity index (χ4n) is 2.32. The SMILES string of the molecule is O=C(O)C(Cc1ccc(F)c(Cl)c1)N1CCCC1. The first kappa shape index (κ1) is 13.3. The molecule has 98 valence electrons. The highest BCUT2D eigenvalue weighted by Gasteiger charge is 2.28. The average Bonchev–Trinajstić information content (AvgIpc) is 2.83. The summed E-state index contributed by atoms with van der Waals surface area (Å²) in [6, 6.07) is 3.82. The normalized spacial score (nSPS) is 17.9. The van der Waals surface area contributed by atoms with Crippen molar-refractivity contribution in [2.45, 2.75) is 25.3 Å². The van der Waals surface area contributed by atoms with Crippen molar-refractivity contribution in [1.29, 1.82) is 0 Å². The summed E-state index contributed by atoms with van der Waals surface area (Å²) in [4.78, 5) is 13.3. The average molecular weight is 272 g/mol. The van der Waals surface area contributed by atoms with Crippen LogP contribution in [0.4, 0.5) is 4.39 Å². The van der Waals surface area contributed by atoms with E-state index in [-0.39, 0.29) is 5.02 Å². The van der Waals surface area contributed by atoms with E-state index in [1.54, 1.807) is 6.07 Å². The van der Waals surface area contributed by atoms with Crippen molar-refractivity contribution in [3.05, 3.63) is 34.6 Å². The molecule has 1 unspecified atom stereocenters. The van der Waals surface area contributed by atoms with Crippen LogP contribution in [0.2, 0.25) is 5.02 Å². The monoisotopic (exact) mass is 271 g/mol. The molecule has 0 bridgehead atoms. The van der Waals surface area contributed by atoms with Crippen LogP contribution in [-0.4, -0.2) is 35.1 Å². The lowest BCUT2D eigenvalue weighted by molar-refractivity contribution is -0.142. The van der Waals surface area contributed by atoms with E-state index in [4.69, 9.17) is 11.6 Å². The minimum Gasteiger partial charge on any atom is -0.480 e. The number of nitrogens with zero attached hydrogens (tertiary/aromatic N) is 1. The number of hydrogen-bond acceptors (Lipinski definition) is 2. The van der Waals surface area contributed by atoms with Gasteiger partial charge < -0.3 is 5.11 Å². The molecule has 0 saturated carbocycles. The van der Waals surface area contributed by atoms with Crippen LogP contribution in [0.1, 0.15) is 18.4 Å². The molecule has 1 aliphatic heterocycles. The summed E-state index contributed by atoms with van der Waals surface area (Å²) < 4.78 is 13.0. The van der Waals surface area contributed by atoms with Crippen LogP contribution in [0.3, 0.4) is 0 Å². The Balaban J connectivity index is 2.12. The number of hydrogen-bond donors (Lipinski definition) is 1. The lowest BCUT2D eigenvalue weighted by Gasteiger charge is -2.23. The Bertz CT molecular complexity index is 447. The van der Waals surface area contributed by atoms with E-state index < -0.39 is 17.8 Å². The van der Waals surface area contributed by atoms with Crippen molar-refractivity contribution in [2.24, 2.45) is 0 Å². The molecule has 0 aliphatic carbocycles. The molecule has 0 spiro atoms. The van der Waals surface area contributed by atoms with Gasteiger partial charge in [0.05, 0.1) is 5.02 Å². The number of likely N-dealkylation sites (tertiary alicyclic amines) is 1. The molecule has 1 aromatic carbocycles. The fraction of sp³-hybridized carbons (Fsp3) is 0.462. The van der Waals surface area contributed by atoms with E-state index in [0.717, 1.165) is 31.5 Å². The molecular weight excluding hydrogens is 257 g/mol. The van der Waals surface area contributed by atoms with Crippen LogP contribution in [0.5, 0.6) is 0 Å². The van der Waals surface area contributed by atoms with Gasteiger partial charge in [-0.05, 0) is 50.0 Å². The van der Waals surface area contributed by atoms with Gasteiger partial charge >= 0.3 is 5.97 Å². The number of carboxylic acids is 1. The number of benzene rings is 1. The van der Waals surface area contributed by atoms with Crippen molar-refractivity contribution < 1.29 is 14.3 Å². The zero-order chi connectivity index (χ0) is 13.1. The van der Waals surface area contributed by atoms with Crippen molar-refractivity contribution in [1.82, 2.24) is 4.90 Å². The molecule has 0 aromatic heterocycles. The van der Waals surface area contributed by atoms with Gasteiger partial charge in [-0.1, -0.05) is 17.7 Å². The molecule has 1 heterocycles. The van der Waals surface area contributed by atoms with Gasteiger partial charge in [0.15, 0.2) is 0 Å². The molecule has 0 radical (unpaired) electrons. The van der Waals surface area contributed by atoms with Gasteiger partial charge in [0, 0.05) is 0 Å². The van der Waals surface area contributed by atoms with Gasteiger partial charge in [-0.15, -0.1) is 0 Å². The Labute approximate surface area is 110 Å². The Morgan fingerprint density at radius 2 is 2.11 bits per heavy atom. The van der Waals surface area contributed by atoms with Crippen molar-refractivity contribution in [2.75, 3.05) is 13.1 Å². The fourth-order valence-corrected chi connectivity index (χ4v) is 2.52. The second-order valence-electron chi connectivity index (χ2n) is 4.55. The highest BCUT2D eigenvalue weighted by molar-refractivity contribution is 6.30. The van der Waals surface area contributed by atoms with Gasteiger partial charge in [0.1, 0.15) is 11.9 Å². The lowest BCUT2D eigenvalue weighted by Crippen LogP contribution is -2.40. The number of carbonyl (C=O) groups is 1. The quantitative estimate of drug-likeness (QED) is 0.915. The second-order valence-corrected chi connectivity index (χ2v) is 4.96. The molecule has 3 nitrogen and oxygen atoms in total. The second kappa shape index (κ2) is 5.67. The zero-order valence-electron chi connectivity index (χ0n) is 9.90. The molecular formula is C13H15ClFNO2. The first-order chi connectivity index (χ1) is 8.58. The maximum atomic E-state index is 13.0. The predicted molar refractivity (Wildman–Crippen MR) is 67.3 cm³/mol. The molecule has 1 atom stereocenters. The summed E-state index contributed by atoms with van der Waals surface area (Å²) in [6.45, 7) is 1.62. The summed E-state index contributed by atoms with van der Waals surface area (Å²) in [5, 5.41) is 9.31. The Morgan fingerprint density at radius 1 is 1.44 bits per heavy atom. The van der Waals surface area contributed by atoms with E-state index in [9.17, 15) is 14.3 Å². The van der Waals surface area contributed by atoms with Gasteiger partial charge in [-0.2, -0.15) is 0 Å². The number of carboxylic acid groups (broad SMARTS) is 1. The minimum atomic E-state index is -0.836. The molecule has 1 aromatic rings. The summed E-state index contributed by atoms with van der Waals surface area (Å²) >= 11 is 5.70. The van der Waals surface area contributed by atoms with E-state index in [1.165, 1.54) is 12.1 Å². The Morgan fingerprint density at radius 3 is 2.67 bits per heavy atom. The van der Waals surface area contributed by atoms with Crippen molar-refractivity contribution in [3.63, 3.8) is 0 Å². The Hall–Kier alpha value is -1.13. The molecule has 0 amide bonds. The van der Waals surface area contributed by atoms with Gasteiger partial charge in [0.2, 0.25) is 0 Å². The van der Waals surface area contributed by atoms with Crippen LogP contribution >= 0.6 is 11.6 Å². The predicted octanol–water partition coefficient (Wildman–Crippen LogP) is 2.57. The first-order valence-corrected chi connectivity index (χ1v) is 6.36. The van der Waals surface area contributed by atoms with Crippen LogP contribution < -0.4 is 0 Å². The lowest BCUT2D eigenvalue weighted by atomic mass is 10.0. The number of rotatable bonds is 4. The topological polar surface area (TPSA) is 40.5 Å². The highest BCUT2D eigenvalue weighted by atomic mass is 35.5. The van der Waals surface area contributed by atoms with Crippen LogP contribution in [-0.2, 0) is 11.2 Å². The number of aliphatic carboxylic acids is 1. The van der Waals surface area contributed by atoms with Crippen molar-refractivity contribution in [3.8, 4) is 0 Å². The standard InChI is InChI=1S/C13H15ClFNO2/c14-10-7-9(3-4-11(10)15)8-12(13(17)18)16-5-1-2-6-16/h3-4,7,12H,1-2,5-6,8H2,(H,17,18). The van der Waals surface area contributed by atoms with Crippen LogP contribution in [0.25, 0.3) is 0 Å². The molecule has 1 N–H and O–H groups in total. The zero-order valence-corrected chi connectivity index (χ0v) is 10.7. The largest absolute Gasteiger partial charge is 0.480 e. The molecule has 1 aliphatic rings. The number of halogens is 2. The van der Waals surface area contributed by atoms with E-state index in [1.807, 2.05) is 4.90 Å². The summed E-state index contributed by atoms with van der Waals surface area (Å²) in [5.74, 6) is -1.31. The molecule has 5 heteroatoms. The molecule has 1 fully saturated rings. The minimum absolute atomic E-state index is 0.0399. The molecule has 2 rings (SSSR count). The third-order valence-corrected chi connectivity index (χ3v) is 3.57. The maximum absolute atomic E-state index is 13.0. The smallest absolute Gasteiger partial charge is 0.321 e.